The third kappa shape index (κ3) is 4.12. The SMILES string of the molecule is CNC(=O)COc1cc2cc(Nc3nc(Cl)ncc3Cl)ccc2n(C)c1=O. The number of ether oxygens (including phenoxy) is 1. The number of carbonyl (C=O) groups is 1. The van der Waals surface area contributed by atoms with E-state index in [1.54, 1.807) is 31.3 Å². The second-order valence-electron chi connectivity index (χ2n) is 5.57. The molecule has 1 aromatic carbocycles. The number of likely N-dealkylation sites (N-methyl/N-ethyl adjacent to an activating group) is 1. The maximum absolute atomic E-state index is 12.4. The number of amides is 1. The lowest BCUT2D eigenvalue weighted by Crippen LogP contribution is -2.27. The van der Waals surface area contributed by atoms with Gasteiger partial charge in [0.25, 0.3) is 11.5 Å². The summed E-state index contributed by atoms with van der Waals surface area (Å²) < 4.78 is 6.80. The number of carbonyl (C=O) groups excluding carboxylic acids is 1. The Morgan fingerprint density at radius 2 is 2.07 bits per heavy atom. The number of nitrogens with one attached hydrogen (secondary N) is 2. The van der Waals surface area contributed by atoms with Crippen molar-refractivity contribution in [2.75, 3.05) is 19.0 Å². The molecule has 0 radical (unpaired) electrons. The number of aryl methyl sites for hydroxylation is 1. The Balaban J connectivity index is 1.98. The Morgan fingerprint density at radius 1 is 1.30 bits per heavy atom. The molecule has 0 saturated carbocycles. The van der Waals surface area contributed by atoms with E-state index in [9.17, 15) is 9.59 Å². The maximum Gasteiger partial charge on any atom is 0.293 e. The number of halogens is 2. The van der Waals surface area contributed by atoms with Gasteiger partial charge in [0.1, 0.15) is 5.02 Å². The van der Waals surface area contributed by atoms with Gasteiger partial charge in [0, 0.05) is 25.2 Å². The van der Waals surface area contributed by atoms with Crippen molar-refractivity contribution >= 4 is 51.5 Å². The van der Waals surface area contributed by atoms with Crippen LogP contribution in [0.5, 0.6) is 5.75 Å². The Labute approximate surface area is 164 Å². The first-order valence-corrected chi connectivity index (χ1v) is 8.57. The molecule has 2 N–H and O–H groups in total. The first kappa shape index (κ1) is 18.9. The van der Waals surface area contributed by atoms with Crippen molar-refractivity contribution in [2.45, 2.75) is 0 Å². The van der Waals surface area contributed by atoms with Gasteiger partial charge in [0.2, 0.25) is 5.28 Å². The van der Waals surface area contributed by atoms with Crippen molar-refractivity contribution in [3.63, 3.8) is 0 Å². The van der Waals surface area contributed by atoms with Gasteiger partial charge in [0.15, 0.2) is 18.2 Å². The van der Waals surface area contributed by atoms with Crippen LogP contribution in [-0.4, -0.2) is 34.1 Å². The summed E-state index contributed by atoms with van der Waals surface area (Å²) in [4.78, 5) is 31.6. The Hall–Kier alpha value is -2.84. The average molecular weight is 408 g/mol. The summed E-state index contributed by atoms with van der Waals surface area (Å²) in [7, 11) is 3.12. The van der Waals surface area contributed by atoms with Crippen LogP contribution in [0.15, 0.2) is 35.3 Å². The van der Waals surface area contributed by atoms with Gasteiger partial charge in [-0.15, -0.1) is 0 Å². The molecule has 8 nitrogen and oxygen atoms in total. The number of hydrogen-bond donors (Lipinski definition) is 2. The molecular weight excluding hydrogens is 393 g/mol. The summed E-state index contributed by atoms with van der Waals surface area (Å²) in [6.07, 6.45) is 1.40. The molecule has 0 aliphatic carbocycles. The van der Waals surface area contributed by atoms with E-state index in [4.69, 9.17) is 27.9 Å². The van der Waals surface area contributed by atoms with Crippen LogP contribution < -0.4 is 20.9 Å². The van der Waals surface area contributed by atoms with Crippen LogP contribution in [0.1, 0.15) is 0 Å². The second-order valence-corrected chi connectivity index (χ2v) is 6.31. The van der Waals surface area contributed by atoms with E-state index < -0.39 is 0 Å². The van der Waals surface area contributed by atoms with Crippen LogP contribution in [0, 0.1) is 0 Å². The minimum absolute atomic E-state index is 0.0648. The van der Waals surface area contributed by atoms with Crippen LogP contribution in [-0.2, 0) is 11.8 Å². The summed E-state index contributed by atoms with van der Waals surface area (Å²) in [5.74, 6) is 0.105. The number of nitrogens with zero attached hydrogens (tertiary/aromatic N) is 3. The van der Waals surface area contributed by atoms with Crippen LogP contribution in [0.4, 0.5) is 11.5 Å². The lowest BCUT2D eigenvalue weighted by Gasteiger charge is -2.12. The highest BCUT2D eigenvalue weighted by atomic mass is 35.5. The molecule has 0 saturated heterocycles. The van der Waals surface area contributed by atoms with Gasteiger partial charge in [-0.3, -0.25) is 9.59 Å². The molecule has 0 aliphatic heterocycles. The van der Waals surface area contributed by atoms with E-state index >= 15 is 0 Å². The fraction of sp³-hybridized carbons (Fsp3) is 0.176. The molecule has 2 aromatic heterocycles. The van der Waals surface area contributed by atoms with Crippen molar-refractivity contribution in [3.8, 4) is 5.75 Å². The van der Waals surface area contributed by atoms with Gasteiger partial charge in [-0.1, -0.05) is 11.6 Å². The van der Waals surface area contributed by atoms with Gasteiger partial charge in [0.05, 0.1) is 11.7 Å². The fourth-order valence-electron chi connectivity index (χ4n) is 2.42. The molecular formula is C17H15Cl2N5O3. The molecule has 27 heavy (non-hydrogen) atoms. The number of fused-ring (bicyclic) bond motifs is 1. The van der Waals surface area contributed by atoms with Gasteiger partial charge >= 0.3 is 0 Å². The first-order valence-electron chi connectivity index (χ1n) is 7.81. The average Bonchev–Trinajstić information content (AvgIpc) is 2.66. The minimum Gasteiger partial charge on any atom is -0.478 e. The first-order chi connectivity index (χ1) is 12.9. The lowest BCUT2D eigenvalue weighted by molar-refractivity contribution is -0.122. The third-order valence-electron chi connectivity index (χ3n) is 3.81. The largest absolute Gasteiger partial charge is 0.478 e. The summed E-state index contributed by atoms with van der Waals surface area (Å²) in [5, 5.41) is 6.60. The molecule has 0 unspecified atom stereocenters. The molecule has 2 heterocycles. The maximum atomic E-state index is 12.4. The minimum atomic E-state index is -0.335. The van der Waals surface area contributed by atoms with Crippen LogP contribution in [0.2, 0.25) is 10.3 Å². The smallest absolute Gasteiger partial charge is 0.293 e. The molecule has 140 valence electrons. The van der Waals surface area contributed by atoms with Crippen LogP contribution in [0.25, 0.3) is 10.9 Å². The van der Waals surface area contributed by atoms with Gasteiger partial charge < -0.3 is 19.9 Å². The molecule has 10 heteroatoms. The van der Waals surface area contributed by atoms with E-state index in [-0.39, 0.29) is 29.1 Å². The van der Waals surface area contributed by atoms with E-state index in [1.807, 2.05) is 0 Å². The Bertz CT molecular complexity index is 1080. The molecule has 1 amide bonds. The number of pyridine rings is 1. The monoisotopic (exact) mass is 407 g/mol. The third-order valence-corrected chi connectivity index (χ3v) is 4.26. The molecule has 0 bridgehead atoms. The van der Waals surface area contributed by atoms with Crippen molar-refractivity contribution in [1.29, 1.82) is 0 Å². The molecule has 0 spiro atoms. The molecule has 3 aromatic rings. The predicted octanol–water partition coefficient (Wildman–Crippen LogP) is 2.50. The van der Waals surface area contributed by atoms with Gasteiger partial charge in [-0.25, -0.2) is 4.98 Å². The molecule has 3 rings (SSSR count). The number of benzene rings is 1. The van der Waals surface area contributed by atoms with Crippen LogP contribution >= 0.6 is 23.2 Å². The van der Waals surface area contributed by atoms with Crippen molar-refractivity contribution < 1.29 is 9.53 Å². The number of rotatable bonds is 5. The van der Waals surface area contributed by atoms with E-state index in [1.165, 1.54) is 17.8 Å². The highest BCUT2D eigenvalue weighted by Gasteiger charge is 2.11. The summed E-state index contributed by atoms with van der Waals surface area (Å²) in [6, 6.07) is 6.94. The van der Waals surface area contributed by atoms with E-state index in [0.29, 0.717) is 22.0 Å². The zero-order valence-electron chi connectivity index (χ0n) is 14.4. The summed E-state index contributed by atoms with van der Waals surface area (Å²) >= 11 is 11.9. The Morgan fingerprint density at radius 3 is 2.81 bits per heavy atom. The van der Waals surface area contributed by atoms with E-state index in [0.717, 1.165) is 5.39 Å². The molecule has 0 atom stereocenters. The van der Waals surface area contributed by atoms with Gasteiger partial charge in [-0.2, -0.15) is 4.98 Å². The van der Waals surface area contributed by atoms with Crippen LogP contribution in [0.3, 0.4) is 0 Å². The zero-order chi connectivity index (χ0) is 19.6. The molecule has 0 aliphatic rings. The normalized spacial score (nSPS) is 10.7. The van der Waals surface area contributed by atoms with Crippen molar-refractivity contribution in [3.05, 3.63) is 51.1 Å². The standard InChI is InChI=1S/C17H15Cl2N5O3/c1-20-14(25)8-27-13-6-9-5-10(3-4-12(9)24(2)16(13)26)22-15-11(18)7-21-17(19)23-15/h3-7H,8H2,1-2H3,(H,20,25)(H,21,22,23). The van der Waals surface area contributed by atoms with Crippen molar-refractivity contribution in [1.82, 2.24) is 19.9 Å². The zero-order valence-corrected chi connectivity index (χ0v) is 15.9. The molecule has 0 fully saturated rings. The van der Waals surface area contributed by atoms with E-state index in [2.05, 4.69) is 20.6 Å². The topological polar surface area (TPSA) is 98.1 Å². The fourth-order valence-corrected chi connectivity index (χ4v) is 2.69. The summed E-state index contributed by atoms with van der Waals surface area (Å²) in [5.41, 5.74) is 1.04. The Kier molecular flexibility index (Phi) is 5.48. The lowest BCUT2D eigenvalue weighted by atomic mass is 10.2. The highest BCUT2D eigenvalue weighted by molar-refractivity contribution is 6.33. The quantitative estimate of drug-likeness (QED) is 0.630. The number of anilines is 2. The predicted molar refractivity (Wildman–Crippen MR) is 104 cm³/mol. The summed E-state index contributed by atoms with van der Waals surface area (Å²) in [6.45, 7) is -0.246. The highest BCUT2D eigenvalue weighted by Crippen LogP contribution is 2.26. The second kappa shape index (κ2) is 7.81. The number of aromatic nitrogens is 3. The number of hydrogen-bond acceptors (Lipinski definition) is 6. The van der Waals surface area contributed by atoms with Gasteiger partial charge in [-0.05, 0) is 35.9 Å². The van der Waals surface area contributed by atoms with Crippen molar-refractivity contribution in [2.24, 2.45) is 7.05 Å².